The maximum Gasteiger partial charge on any atom is 0.160 e. The van der Waals surface area contributed by atoms with Gasteiger partial charge in [-0.3, -0.25) is 0 Å². The molecule has 0 bridgehead atoms. The normalized spacial score (nSPS) is 11.6. The molecule has 0 unspecified atom stereocenters. The van der Waals surface area contributed by atoms with E-state index in [2.05, 4.69) is 114 Å². The quantitative estimate of drug-likeness (QED) is 0.180. The Bertz CT molecular complexity index is 3470. The zero-order chi connectivity index (χ0) is 36.6. The van der Waals surface area contributed by atoms with E-state index in [4.69, 9.17) is 9.97 Å². The molecule has 4 heterocycles. The summed E-state index contributed by atoms with van der Waals surface area (Å²) in [4.78, 5) is 10.2. The van der Waals surface area contributed by atoms with E-state index in [1.807, 2.05) is 54.6 Å². The predicted octanol–water partition coefficient (Wildman–Crippen LogP) is 13.1. The number of rotatable bonds is 4. The van der Waals surface area contributed by atoms with Crippen LogP contribution in [0.15, 0.2) is 152 Å². The molecule has 7 heteroatoms. The Balaban J connectivity index is 1.16. The van der Waals surface area contributed by atoms with Crippen molar-refractivity contribution < 1.29 is 0 Å². The molecule has 0 N–H and O–H groups in total. The minimum atomic E-state index is 0.358. The molecule has 5 nitrogen and oxygen atoms in total. The summed E-state index contributed by atoms with van der Waals surface area (Å²) in [6, 6.07) is 56.7. The molecule has 0 aliphatic heterocycles. The lowest BCUT2D eigenvalue weighted by molar-refractivity contribution is 1.16. The minimum absolute atomic E-state index is 0.358. The molecule has 0 fully saturated rings. The highest BCUT2D eigenvalue weighted by molar-refractivity contribution is 7.26. The standard InChI is InChI=1S/C48H25N5S2/c49-26-31-24-29(18-21-38(31)53-39-15-7-4-12-32(39)34-20-23-43-44(47(34)53)35-14-6-9-17-41(35)55-43)46-37(27-50)45(28-10-2-1-3-11-28)51-48(52-46)30-19-22-42-36(25-30)33-13-5-8-16-40(33)54-42/h1-25H. The summed E-state index contributed by atoms with van der Waals surface area (Å²) in [6.45, 7) is 0. The van der Waals surface area contributed by atoms with Crippen LogP contribution in [0.5, 0.6) is 0 Å². The number of nitrogens with zero attached hydrogens (tertiary/aromatic N) is 5. The third-order valence-electron chi connectivity index (χ3n) is 10.5. The van der Waals surface area contributed by atoms with Crippen molar-refractivity contribution in [1.82, 2.24) is 14.5 Å². The SMILES string of the molecule is N#Cc1cc(-c2nc(-c3ccc4sc5ccccc5c4c3)nc(-c3ccccc3)c2C#N)ccc1-n1c2ccccc2c2ccc3sc4ccccc4c3c21. The van der Waals surface area contributed by atoms with Gasteiger partial charge >= 0.3 is 0 Å². The van der Waals surface area contributed by atoms with Gasteiger partial charge in [-0.1, -0.05) is 97.1 Å². The van der Waals surface area contributed by atoms with Crippen LogP contribution in [0.4, 0.5) is 0 Å². The van der Waals surface area contributed by atoms with Crippen LogP contribution in [0.25, 0.3) is 102 Å². The smallest absolute Gasteiger partial charge is 0.160 e. The fraction of sp³-hybridized carbons (Fsp3) is 0. The predicted molar refractivity (Wildman–Crippen MR) is 228 cm³/mol. The summed E-state index contributed by atoms with van der Waals surface area (Å²) in [6.07, 6.45) is 0. The van der Waals surface area contributed by atoms with Crippen molar-refractivity contribution in [3.05, 3.63) is 163 Å². The second-order valence-corrected chi connectivity index (χ2v) is 15.7. The number of para-hydroxylation sites is 1. The van der Waals surface area contributed by atoms with Crippen LogP contribution >= 0.6 is 22.7 Å². The summed E-state index contributed by atoms with van der Waals surface area (Å²) < 4.78 is 7.07. The summed E-state index contributed by atoms with van der Waals surface area (Å²) in [5.74, 6) is 0.516. The Morgan fingerprint density at radius 3 is 1.91 bits per heavy atom. The molecule has 0 aliphatic carbocycles. The van der Waals surface area contributed by atoms with E-state index < -0.39 is 0 Å². The number of thiophene rings is 2. The summed E-state index contributed by atoms with van der Waals surface area (Å²) in [7, 11) is 0. The first-order chi connectivity index (χ1) is 27.2. The van der Waals surface area contributed by atoms with E-state index in [1.165, 1.54) is 35.0 Å². The molecule has 0 radical (unpaired) electrons. The van der Waals surface area contributed by atoms with Gasteiger partial charge in [-0.15, -0.1) is 22.7 Å². The van der Waals surface area contributed by atoms with E-state index >= 15 is 0 Å². The lowest BCUT2D eigenvalue weighted by Gasteiger charge is -2.15. The van der Waals surface area contributed by atoms with Crippen molar-refractivity contribution in [2.45, 2.75) is 0 Å². The Labute approximate surface area is 322 Å². The second kappa shape index (κ2) is 12.2. The van der Waals surface area contributed by atoms with Crippen molar-refractivity contribution in [2.24, 2.45) is 0 Å². The molecule has 0 saturated carbocycles. The maximum absolute atomic E-state index is 10.9. The maximum atomic E-state index is 10.9. The monoisotopic (exact) mass is 735 g/mol. The van der Waals surface area contributed by atoms with Gasteiger partial charge in [0.2, 0.25) is 0 Å². The molecule has 0 atom stereocenters. The highest BCUT2D eigenvalue weighted by Crippen LogP contribution is 2.44. The Kier molecular flexibility index (Phi) is 6.96. The summed E-state index contributed by atoms with van der Waals surface area (Å²) >= 11 is 3.54. The van der Waals surface area contributed by atoms with Crippen LogP contribution in [0.3, 0.4) is 0 Å². The molecule has 254 valence electrons. The van der Waals surface area contributed by atoms with Gasteiger partial charge in [0.1, 0.15) is 17.7 Å². The fourth-order valence-corrected chi connectivity index (χ4v) is 10.3. The van der Waals surface area contributed by atoms with Gasteiger partial charge in [-0.25, -0.2) is 9.97 Å². The molecule has 11 aromatic rings. The van der Waals surface area contributed by atoms with Gasteiger partial charge in [-0.2, -0.15) is 10.5 Å². The average Bonchev–Trinajstić information content (AvgIpc) is 3.92. The van der Waals surface area contributed by atoms with Crippen molar-refractivity contribution in [1.29, 1.82) is 10.5 Å². The van der Waals surface area contributed by atoms with Crippen molar-refractivity contribution in [3.8, 4) is 51.7 Å². The van der Waals surface area contributed by atoms with E-state index in [0.717, 1.165) is 44.0 Å². The molecular weight excluding hydrogens is 711 g/mol. The second-order valence-electron chi connectivity index (χ2n) is 13.5. The Morgan fingerprint density at radius 1 is 0.473 bits per heavy atom. The minimum Gasteiger partial charge on any atom is -0.307 e. The number of nitriles is 2. The molecule has 11 rings (SSSR count). The van der Waals surface area contributed by atoms with Crippen LogP contribution in [0.2, 0.25) is 0 Å². The van der Waals surface area contributed by atoms with Crippen LogP contribution in [-0.4, -0.2) is 14.5 Å². The Hall–Kier alpha value is -7.16. The molecule has 0 spiro atoms. The molecule has 0 amide bonds. The first-order valence-corrected chi connectivity index (χ1v) is 19.5. The van der Waals surface area contributed by atoms with Gasteiger partial charge < -0.3 is 4.57 Å². The molecular formula is C48H25N5S2. The van der Waals surface area contributed by atoms with E-state index in [0.29, 0.717) is 33.9 Å². The highest BCUT2D eigenvalue weighted by Gasteiger charge is 2.23. The van der Waals surface area contributed by atoms with Gasteiger partial charge in [-0.05, 0) is 54.6 Å². The van der Waals surface area contributed by atoms with Gasteiger partial charge in [0.25, 0.3) is 0 Å². The van der Waals surface area contributed by atoms with Gasteiger partial charge in [0.05, 0.1) is 33.7 Å². The summed E-state index contributed by atoms with van der Waals surface area (Å²) in [5.41, 5.74) is 7.09. The van der Waals surface area contributed by atoms with Crippen LogP contribution in [-0.2, 0) is 0 Å². The summed E-state index contributed by atoms with van der Waals surface area (Å²) in [5, 5.41) is 28.6. The third kappa shape index (κ3) is 4.75. The Morgan fingerprint density at radius 2 is 1.11 bits per heavy atom. The number of aromatic nitrogens is 3. The van der Waals surface area contributed by atoms with E-state index in [-0.39, 0.29) is 0 Å². The van der Waals surface area contributed by atoms with Gasteiger partial charge in [0.15, 0.2) is 5.82 Å². The zero-order valence-corrected chi connectivity index (χ0v) is 30.6. The van der Waals surface area contributed by atoms with Crippen molar-refractivity contribution in [3.63, 3.8) is 0 Å². The lowest BCUT2D eigenvalue weighted by atomic mass is 9.98. The first-order valence-electron chi connectivity index (χ1n) is 17.9. The van der Waals surface area contributed by atoms with Crippen LogP contribution in [0.1, 0.15) is 11.1 Å². The topological polar surface area (TPSA) is 78.3 Å². The largest absolute Gasteiger partial charge is 0.307 e. The molecule has 0 saturated heterocycles. The zero-order valence-electron chi connectivity index (χ0n) is 29.0. The molecule has 7 aromatic carbocycles. The number of hydrogen-bond donors (Lipinski definition) is 0. The van der Waals surface area contributed by atoms with E-state index in [9.17, 15) is 10.5 Å². The number of benzene rings is 7. The van der Waals surface area contributed by atoms with Crippen molar-refractivity contribution >= 4 is 84.8 Å². The van der Waals surface area contributed by atoms with Crippen LogP contribution < -0.4 is 0 Å². The molecule has 4 aromatic heterocycles. The lowest BCUT2D eigenvalue weighted by Crippen LogP contribution is -2.02. The number of hydrogen-bond acceptors (Lipinski definition) is 6. The van der Waals surface area contributed by atoms with Crippen LogP contribution in [0, 0.1) is 22.7 Å². The molecule has 0 aliphatic rings. The third-order valence-corrected chi connectivity index (χ3v) is 12.8. The molecule has 55 heavy (non-hydrogen) atoms. The first kappa shape index (κ1) is 31.4. The fourth-order valence-electron chi connectivity index (χ4n) is 8.06. The van der Waals surface area contributed by atoms with Crippen molar-refractivity contribution in [2.75, 3.05) is 0 Å². The number of fused-ring (bicyclic) bond motifs is 10. The van der Waals surface area contributed by atoms with E-state index in [1.54, 1.807) is 22.7 Å². The van der Waals surface area contributed by atoms with Gasteiger partial charge in [0, 0.05) is 67.8 Å². The highest BCUT2D eigenvalue weighted by atomic mass is 32.1. The average molecular weight is 736 g/mol.